The smallest absolute Gasteiger partial charge is 0.272 e. The molecule has 0 spiro atoms. The molecule has 1 aromatic heterocycles. The maximum atomic E-state index is 11.7. The predicted octanol–water partition coefficient (Wildman–Crippen LogP) is 1.95. The number of hydrazone groups is 1. The van der Waals surface area contributed by atoms with E-state index in [1.165, 1.54) is 12.1 Å². The van der Waals surface area contributed by atoms with Crippen molar-refractivity contribution in [2.75, 3.05) is 0 Å². The number of hydrogen-bond acceptors (Lipinski definition) is 6. The van der Waals surface area contributed by atoms with Crippen LogP contribution in [0.25, 0.3) is 10.8 Å². The number of nitro groups is 1. The summed E-state index contributed by atoms with van der Waals surface area (Å²) in [4.78, 5) is 21.8. The average molecular weight is 323 g/mol. The van der Waals surface area contributed by atoms with Gasteiger partial charge in [-0.15, -0.1) is 0 Å². The minimum Gasteiger partial charge on any atom is -0.304 e. The monoisotopic (exact) mass is 323 g/mol. The first-order valence-corrected chi connectivity index (χ1v) is 7.12. The van der Waals surface area contributed by atoms with Crippen molar-refractivity contribution >= 4 is 22.7 Å². The first kappa shape index (κ1) is 15.3. The van der Waals surface area contributed by atoms with Gasteiger partial charge in [0.2, 0.25) is 0 Å². The Hall–Kier alpha value is -3.55. The van der Waals surface area contributed by atoms with Crippen LogP contribution >= 0.6 is 0 Å². The molecule has 0 aliphatic rings. The van der Waals surface area contributed by atoms with Crippen LogP contribution in [0.5, 0.6) is 0 Å². The largest absolute Gasteiger partial charge is 0.304 e. The van der Waals surface area contributed by atoms with E-state index in [-0.39, 0.29) is 11.2 Å². The van der Waals surface area contributed by atoms with Crippen molar-refractivity contribution < 1.29 is 4.92 Å². The second-order valence-electron chi connectivity index (χ2n) is 4.99. The maximum absolute atomic E-state index is 11.7. The van der Waals surface area contributed by atoms with Crippen molar-refractivity contribution in [3.05, 3.63) is 80.3 Å². The van der Waals surface area contributed by atoms with Gasteiger partial charge in [-0.2, -0.15) is 10.2 Å². The number of hydrogen-bond donors (Lipinski definition) is 2. The SMILES string of the molecule is O=c1[nH]nc(CN/N=C/c2ccc([N+](=O)[O-])cc2)c2ccccc12. The van der Waals surface area contributed by atoms with E-state index in [1.807, 2.05) is 12.1 Å². The summed E-state index contributed by atoms with van der Waals surface area (Å²) in [6.45, 7) is 0.334. The van der Waals surface area contributed by atoms with Crippen LogP contribution < -0.4 is 11.0 Å². The van der Waals surface area contributed by atoms with Crippen molar-refractivity contribution in [1.82, 2.24) is 15.6 Å². The number of non-ortho nitro benzene ring substituents is 1. The summed E-state index contributed by atoms with van der Waals surface area (Å²) < 4.78 is 0. The Kier molecular flexibility index (Phi) is 4.28. The zero-order valence-electron chi connectivity index (χ0n) is 12.5. The van der Waals surface area contributed by atoms with Crippen LogP contribution in [0.3, 0.4) is 0 Å². The molecule has 120 valence electrons. The van der Waals surface area contributed by atoms with Gasteiger partial charge in [-0.25, -0.2) is 5.10 Å². The first-order valence-electron chi connectivity index (χ1n) is 7.12. The molecule has 8 heteroatoms. The number of benzene rings is 2. The molecular weight excluding hydrogens is 310 g/mol. The topological polar surface area (TPSA) is 113 Å². The molecule has 24 heavy (non-hydrogen) atoms. The Morgan fingerprint density at radius 3 is 2.58 bits per heavy atom. The summed E-state index contributed by atoms with van der Waals surface area (Å²) >= 11 is 0. The number of nitrogens with one attached hydrogen (secondary N) is 2. The molecule has 0 saturated carbocycles. The van der Waals surface area contributed by atoms with Crippen molar-refractivity contribution in [2.24, 2.45) is 5.10 Å². The molecule has 0 aliphatic carbocycles. The van der Waals surface area contributed by atoms with Gasteiger partial charge in [0, 0.05) is 17.5 Å². The van der Waals surface area contributed by atoms with Crippen LogP contribution in [0.15, 0.2) is 58.4 Å². The lowest BCUT2D eigenvalue weighted by Gasteiger charge is -2.04. The fraction of sp³-hybridized carbons (Fsp3) is 0.0625. The fourth-order valence-corrected chi connectivity index (χ4v) is 2.23. The molecule has 0 fully saturated rings. The van der Waals surface area contributed by atoms with Crippen molar-refractivity contribution in [1.29, 1.82) is 0 Å². The fourth-order valence-electron chi connectivity index (χ4n) is 2.23. The highest BCUT2D eigenvalue weighted by molar-refractivity contribution is 5.83. The lowest BCUT2D eigenvalue weighted by molar-refractivity contribution is -0.384. The molecule has 0 saturated heterocycles. The van der Waals surface area contributed by atoms with Gasteiger partial charge in [-0.05, 0) is 23.8 Å². The molecule has 0 aliphatic heterocycles. The third-order valence-electron chi connectivity index (χ3n) is 3.43. The van der Waals surface area contributed by atoms with E-state index in [1.54, 1.807) is 30.5 Å². The zero-order chi connectivity index (χ0) is 16.9. The molecule has 2 N–H and O–H groups in total. The second kappa shape index (κ2) is 6.69. The summed E-state index contributed by atoms with van der Waals surface area (Å²) in [5.74, 6) is 0. The van der Waals surface area contributed by atoms with E-state index in [0.29, 0.717) is 17.6 Å². The average Bonchev–Trinajstić information content (AvgIpc) is 2.61. The minimum atomic E-state index is -0.452. The van der Waals surface area contributed by atoms with Crippen LogP contribution in [0.2, 0.25) is 0 Å². The number of nitro benzene ring substituents is 1. The molecule has 0 bridgehead atoms. The number of nitrogens with zero attached hydrogens (tertiary/aromatic N) is 3. The second-order valence-corrected chi connectivity index (χ2v) is 4.99. The van der Waals surface area contributed by atoms with Crippen LogP contribution in [0.1, 0.15) is 11.3 Å². The van der Waals surface area contributed by atoms with E-state index in [4.69, 9.17) is 0 Å². The third kappa shape index (κ3) is 3.27. The Morgan fingerprint density at radius 1 is 1.17 bits per heavy atom. The highest BCUT2D eigenvalue weighted by Crippen LogP contribution is 2.12. The molecule has 8 nitrogen and oxygen atoms in total. The third-order valence-corrected chi connectivity index (χ3v) is 3.43. The molecule has 2 aromatic carbocycles. The molecular formula is C16H13N5O3. The Labute approximate surface area is 136 Å². The zero-order valence-corrected chi connectivity index (χ0v) is 12.5. The Morgan fingerprint density at radius 2 is 1.88 bits per heavy atom. The highest BCUT2D eigenvalue weighted by Gasteiger charge is 2.05. The van der Waals surface area contributed by atoms with Gasteiger partial charge < -0.3 is 5.43 Å². The normalized spacial score (nSPS) is 11.0. The number of H-pyrrole nitrogens is 1. The van der Waals surface area contributed by atoms with E-state index in [9.17, 15) is 14.9 Å². The summed E-state index contributed by atoms with van der Waals surface area (Å²) in [7, 11) is 0. The Balaban J connectivity index is 1.69. The summed E-state index contributed by atoms with van der Waals surface area (Å²) in [6.07, 6.45) is 1.55. The van der Waals surface area contributed by atoms with Gasteiger partial charge in [0.1, 0.15) is 0 Å². The van der Waals surface area contributed by atoms with E-state index < -0.39 is 4.92 Å². The molecule has 3 rings (SSSR count). The van der Waals surface area contributed by atoms with Crippen molar-refractivity contribution in [3.63, 3.8) is 0 Å². The maximum Gasteiger partial charge on any atom is 0.272 e. The quantitative estimate of drug-likeness (QED) is 0.423. The standard InChI is InChI=1S/C16H13N5O3/c22-16-14-4-2-1-3-13(14)15(19-20-16)10-18-17-9-11-5-7-12(8-6-11)21(23)24/h1-9,18H,10H2,(H,20,22)/b17-9+. The number of aromatic nitrogens is 2. The molecule has 1 heterocycles. The van der Waals surface area contributed by atoms with Gasteiger partial charge in [0.05, 0.1) is 28.8 Å². The van der Waals surface area contributed by atoms with E-state index >= 15 is 0 Å². The van der Waals surface area contributed by atoms with E-state index in [0.717, 1.165) is 10.9 Å². The lowest BCUT2D eigenvalue weighted by Crippen LogP contribution is -2.15. The number of rotatable bonds is 5. The molecule has 3 aromatic rings. The van der Waals surface area contributed by atoms with Gasteiger partial charge >= 0.3 is 0 Å². The molecule has 0 radical (unpaired) electrons. The predicted molar refractivity (Wildman–Crippen MR) is 89.9 cm³/mol. The van der Waals surface area contributed by atoms with Gasteiger partial charge in [-0.3, -0.25) is 14.9 Å². The van der Waals surface area contributed by atoms with Crippen molar-refractivity contribution in [2.45, 2.75) is 6.54 Å². The summed E-state index contributed by atoms with van der Waals surface area (Å²) in [5.41, 5.74) is 4.05. The molecule has 0 amide bonds. The van der Waals surface area contributed by atoms with Gasteiger partial charge in [-0.1, -0.05) is 18.2 Å². The first-order chi connectivity index (χ1) is 11.6. The van der Waals surface area contributed by atoms with Crippen molar-refractivity contribution in [3.8, 4) is 0 Å². The molecule has 0 atom stereocenters. The van der Waals surface area contributed by atoms with Crippen LogP contribution in [-0.2, 0) is 6.54 Å². The highest BCUT2D eigenvalue weighted by atomic mass is 16.6. The van der Waals surface area contributed by atoms with Crippen LogP contribution in [0.4, 0.5) is 5.69 Å². The van der Waals surface area contributed by atoms with E-state index in [2.05, 4.69) is 20.7 Å². The summed E-state index contributed by atoms with van der Waals surface area (Å²) in [6, 6.07) is 13.2. The molecule has 0 unspecified atom stereocenters. The van der Waals surface area contributed by atoms with Gasteiger partial charge in [0.15, 0.2) is 0 Å². The van der Waals surface area contributed by atoms with Gasteiger partial charge in [0.25, 0.3) is 11.2 Å². The van der Waals surface area contributed by atoms with Crippen LogP contribution in [-0.4, -0.2) is 21.3 Å². The van der Waals surface area contributed by atoms with Crippen LogP contribution in [0, 0.1) is 10.1 Å². The number of fused-ring (bicyclic) bond motifs is 1. The Bertz CT molecular complexity index is 963. The number of aromatic amines is 1. The summed E-state index contributed by atoms with van der Waals surface area (Å²) in [5, 5.41) is 22.5. The lowest BCUT2D eigenvalue weighted by atomic mass is 10.1. The minimum absolute atomic E-state index is 0.0315.